The number of carbonyl (C=O) groups excluding carboxylic acids is 2. The number of nitrogens with one attached hydrogen (secondary N) is 1. The molecule has 10 nitrogen and oxygen atoms in total. The van der Waals surface area contributed by atoms with Crippen LogP contribution in [-0.4, -0.2) is 50.5 Å². The molecule has 0 fully saturated rings. The van der Waals surface area contributed by atoms with Gasteiger partial charge in [0.25, 0.3) is 15.7 Å². The summed E-state index contributed by atoms with van der Waals surface area (Å²) in [5.74, 6) is -1.35. The predicted octanol–water partition coefficient (Wildman–Crippen LogP) is 4.31. The van der Waals surface area contributed by atoms with E-state index in [9.17, 15) is 31.2 Å². The molecule has 1 aromatic carbocycles. The summed E-state index contributed by atoms with van der Waals surface area (Å²) in [6, 6.07) is 5.39. The number of aromatic nitrogens is 5. The average Bonchev–Trinajstić information content (AvgIpc) is 3.40. The Morgan fingerprint density at radius 3 is 2.47 bits per heavy atom. The lowest BCUT2D eigenvalue weighted by Crippen LogP contribution is -2.23. The number of hydrogen-bond acceptors (Lipinski definition) is 10. The Bertz CT molecular complexity index is 1590. The molecular weight excluding hydrogens is 545 g/mol. The van der Waals surface area contributed by atoms with Crippen molar-refractivity contribution < 1.29 is 31.2 Å². The lowest BCUT2D eigenvalue weighted by atomic mass is 10.0. The summed E-state index contributed by atoms with van der Waals surface area (Å²) >= 11 is 0.997. The number of rotatable bonds is 8. The van der Waals surface area contributed by atoms with Gasteiger partial charge in [0.05, 0.1) is 21.8 Å². The Balaban J connectivity index is 1.43. The van der Waals surface area contributed by atoms with Crippen LogP contribution >= 0.6 is 11.3 Å². The molecule has 0 aliphatic carbocycles. The Morgan fingerprint density at radius 2 is 1.76 bits per heavy atom. The molecule has 0 bridgehead atoms. The number of nitrogens with zero attached hydrogens (tertiary/aromatic N) is 5. The van der Waals surface area contributed by atoms with Crippen molar-refractivity contribution in [1.82, 2.24) is 24.9 Å². The molecule has 1 unspecified atom stereocenters. The lowest BCUT2D eigenvalue weighted by molar-refractivity contribution is -0.0436. The highest BCUT2D eigenvalue weighted by Gasteiger charge is 2.46. The molecule has 4 aromatic rings. The number of carbonyl (C=O) groups is 2. The standard InChI is InChI=1S/C23H17F3N6O4S2/c1-13(5-19(33)18-7-17(30-12-31-18)14-8-27-11-28-9-14)22-29-10-20(37-22)21(34)32-15-3-2-4-16(6-15)38(35,36)23(24,25)26/h2-4,6-13H,5H2,1H3,(H,32,34). The maximum absolute atomic E-state index is 12.8. The zero-order valence-corrected chi connectivity index (χ0v) is 21.0. The van der Waals surface area contributed by atoms with Gasteiger partial charge in [-0.3, -0.25) is 9.59 Å². The van der Waals surface area contributed by atoms with E-state index in [-0.39, 0.29) is 34.4 Å². The largest absolute Gasteiger partial charge is 0.501 e. The molecule has 196 valence electrons. The highest BCUT2D eigenvalue weighted by Crippen LogP contribution is 2.32. The van der Waals surface area contributed by atoms with Crippen molar-refractivity contribution >= 4 is 38.6 Å². The minimum Gasteiger partial charge on any atom is -0.321 e. The second-order valence-corrected chi connectivity index (χ2v) is 10.9. The summed E-state index contributed by atoms with van der Waals surface area (Å²) in [6.45, 7) is 1.75. The molecule has 0 radical (unpaired) electrons. The first-order chi connectivity index (χ1) is 18.0. The summed E-state index contributed by atoms with van der Waals surface area (Å²) in [4.78, 5) is 44.8. The number of ketones is 1. The number of sulfone groups is 1. The number of amides is 1. The minimum absolute atomic E-state index is 0.0354. The number of Topliss-reactive ketones (excluding diaryl/α,β-unsaturated/α-hetero) is 1. The van der Waals surface area contributed by atoms with E-state index >= 15 is 0 Å². The summed E-state index contributed by atoms with van der Waals surface area (Å²) in [5.41, 5.74) is -4.32. The highest BCUT2D eigenvalue weighted by molar-refractivity contribution is 7.92. The van der Waals surface area contributed by atoms with E-state index in [4.69, 9.17) is 0 Å². The average molecular weight is 563 g/mol. The molecule has 0 aliphatic heterocycles. The number of anilines is 1. The van der Waals surface area contributed by atoms with Crippen LogP contribution < -0.4 is 5.32 Å². The number of benzene rings is 1. The minimum atomic E-state index is -5.57. The van der Waals surface area contributed by atoms with Gasteiger partial charge >= 0.3 is 5.51 Å². The summed E-state index contributed by atoms with van der Waals surface area (Å²) in [6.07, 6.45) is 7.05. The molecule has 3 aromatic heterocycles. The smallest absolute Gasteiger partial charge is 0.321 e. The highest BCUT2D eigenvalue weighted by atomic mass is 32.2. The van der Waals surface area contributed by atoms with E-state index in [1.165, 1.54) is 31.0 Å². The molecule has 1 N–H and O–H groups in total. The van der Waals surface area contributed by atoms with E-state index in [1.807, 2.05) is 0 Å². The number of thiazole rings is 1. The van der Waals surface area contributed by atoms with Crippen LogP contribution in [0.3, 0.4) is 0 Å². The Labute approximate surface area is 218 Å². The van der Waals surface area contributed by atoms with Gasteiger partial charge in [-0.25, -0.2) is 33.3 Å². The van der Waals surface area contributed by atoms with Crippen LogP contribution in [0, 0.1) is 0 Å². The van der Waals surface area contributed by atoms with E-state index in [1.54, 1.807) is 19.3 Å². The van der Waals surface area contributed by atoms with Gasteiger partial charge in [0.15, 0.2) is 5.78 Å². The van der Waals surface area contributed by atoms with E-state index < -0.39 is 26.1 Å². The Kier molecular flexibility index (Phi) is 7.59. The van der Waals surface area contributed by atoms with Crippen LogP contribution in [0.1, 0.15) is 44.4 Å². The first-order valence-corrected chi connectivity index (χ1v) is 13.0. The summed E-state index contributed by atoms with van der Waals surface area (Å²) in [7, 11) is -5.57. The van der Waals surface area contributed by atoms with Crippen molar-refractivity contribution in [2.45, 2.75) is 29.7 Å². The molecule has 1 atom stereocenters. The molecule has 0 saturated carbocycles. The van der Waals surface area contributed by atoms with Crippen LogP contribution in [0.25, 0.3) is 11.3 Å². The molecule has 0 spiro atoms. The maximum atomic E-state index is 12.8. The lowest BCUT2D eigenvalue weighted by Gasteiger charge is -2.10. The summed E-state index contributed by atoms with van der Waals surface area (Å²) < 4.78 is 61.8. The maximum Gasteiger partial charge on any atom is 0.501 e. The van der Waals surface area contributed by atoms with Crippen molar-refractivity contribution in [3.63, 3.8) is 0 Å². The molecule has 15 heteroatoms. The van der Waals surface area contributed by atoms with Gasteiger partial charge in [0.1, 0.15) is 23.2 Å². The van der Waals surface area contributed by atoms with Gasteiger partial charge in [0, 0.05) is 36.0 Å². The fourth-order valence-electron chi connectivity index (χ4n) is 3.26. The molecule has 0 aliphatic rings. The third-order valence-electron chi connectivity index (χ3n) is 5.18. The van der Waals surface area contributed by atoms with Crippen molar-refractivity contribution in [3.8, 4) is 11.3 Å². The fraction of sp³-hybridized carbons (Fsp3) is 0.174. The van der Waals surface area contributed by atoms with Crippen LogP contribution in [0.4, 0.5) is 18.9 Å². The second-order valence-electron chi connectivity index (χ2n) is 7.94. The Hall–Kier alpha value is -4.11. The van der Waals surface area contributed by atoms with Crippen molar-refractivity contribution in [1.29, 1.82) is 0 Å². The van der Waals surface area contributed by atoms with E-state index in [0.29, 0.717) is 16.3 Å². The van der Waals surface area contributed by atoms with Gasteiger partial charge in [0.2, 0.25) is 0 Å². The van der Waals surface area contributed by atoms with Crippen LogP contribution in [0.15, 0.2) is 66.5 Å². The predicted molar refractivity (Wildman–Crippen MR) is 130 cm³/mol. The molecular formula is C23H17F3N6O4S2. The van der Waals surface area contributed by atoms with Crippen LogP contribution in [-0.2, 0) is 9.84 Å². The first-order valence-electron chi connectivity index (χ1n) is 10.7. The van der Waals surface area contributed by atoms with E-state index in [0.717, 1.165) is 29.5 Å². The quantitative estimate of drug-likeness (QED) is 0.311. The van der Waals surface area contributed by atoms with Crippen LogP contribution in [0.2, 0.25) is 0 Å². The zero-order chi connectivity index (χ0) is 27.5. The summed E-state index contributed by atoms with van der Waals surface area (Å²) in [5, 5.41) is 2.84. The normalized spacial score (nSPS) is 12.6. The Morgan fingerprint density at radius 1 is 1.03 bits per heavy atom. The van der Waals surface area contributed by atoms with Crippen LogP contribution in [0.5, 0.6) is 0 Å². The van der Waals surface area contributed by atoms with Gasteiger partial charge < -0.3 is 5.32 Å². The third-order valence-corrected chi connectivity index (χ3v) is 7.89. The van der Waals surface area contributed by atoms with Crippen molar-refractivity contribution in [2.24, 2.45) is 0 Å². The zero-order valence-electron chi connectivity index (χ0n) is 19.4. The second kappa shape index (κ2) is 10.7. The molecule has 4 rings (SSSR count). The van der Waals surface area contributed by atoms with Gasteiger partial charge in [-0.15, -0.1) is 11.3 Å². The van der Waals surface area contributed by atoms with Gasteiger partial charge in [-0.05, 0) is 24.3 Å². The monoisotopic (exact) mass is 562 g/mol. The molecule has 1 amide bonds. The van der Waals surface area contributed by atoms with Gasteiger partial charge in [-0.1, -0.05) is 13.0 Å². The van der Waals surface area contributed by atoms with Crippen molar-refractivity contribution in [2.75, 3.05) is 5.32 Å². The van der Waals surface area contributed by atoms with E-state index in [2.05, 4.69) is 30.2 Å². The topological polar surface area (TPSA) is 145 Å². The first kappa shape index (κ1) is 26.9. The molecule has 0 saturated heterocycles. The SMILES string of the molecule is CC(CC(=O)c1cc(-c2cncnc2)ncn1)c1ncc(C(=O)Nc2cccc(S(=O)(=O)C(F)(F)F)c2)s1. The molecule has 38 heavy (non-hydrogen) atoms. The molecule has 3 heterocycles. The van der Waals surface area contributed by atoms with Gasteiger partial charge in [-0.2, -0.15) is 13.2 Å². The van der Waals surface area contributed by atoms with Crippen molar-refractivity contribution in [3.05, 3.63) is 77.2 Å². The third kappa shape index (κ3) is 5.89. The fourth-order valence-corrected chi connectivity index (χ4v) is 4.93. The number of alkyl halides is 3. The number of hydrogen-bond donors (Lipinski definition) is 1. The number of halogens is 3.